The van der Waals surface area contributed by atoms with Crippen LogP contribution in [0.15, 0.2) is 35.0 Å². The van der Waals surface area contributed by atoms with E-state index < -0.39 is 0 Å². The Labute approximate surface area is 103 Å². The molecule has 0 spiro atoms. The summed E-state index contributed by atoms with van der Waals surface area (Å²) in [6, 6.07) is 9.87. The minimum Gasteiger partial charge on any atom is -0.321 e. The van der Waals surface area contributed by atoms with E-state index in [0.29, 0.717) is 0 Å². The lowest BCUT2D eigenvalue weighted by Crippen LogP contribution is -2.16. The van der Waals surface area contributed by atoms with Crippen molar-refractivity contribution in [2.45, 2.75) is 18.4 Å². The first-order chi connectivity index (χ1) is 7.74. The SMILES string of the molecule is N#Cc1cccs1.NC1(c2cccs2)CC1. The van der Waals surface area contributed by atoms with Crippen LogP contribution in [-0.4, -0.2) is 0 Å². The Morgan fingerprint density at radius 3 is 2.25 bits per heavy atom. The molecular weight excluding hydrogens is 236 g/mol. The Hall–Kier alpha value is -1.15. The molecule has 82 valence electrons. The Morgan fingerprint density at radius 2 is 1.88 bits per heavy atom. The van der Waals surface area contributed by atoms with E-state index in [1.54, 1.807) is 17.4 Å². The van der Waals surface area contributed by atoms with E-state index in [9.17, 15) is 0 Å². The average molecular weight is 248 g/mol. The lowest BCUT2D eigenvalue weighted by molar-refractivity contribution is 0.759. The van der Waals surface area contributed by atoms with Crippen LogP contribution in [0.3, 0.4) is 0 Å². The maximum atomic E-state index is 8.19. The van der Waals surface area contributed by atoms with Gasteiger partial charge >= 0.3 is 0 Å². The van der Waals surface area contributed by atoms with E-state index in [4.69, 9.17) is 11.0 Å². The van der Waals surface area contributed by atoms with Gasteiger partial charge in [0, 0.05) is 4.88 Å². The first kappa shape index (κ1) is 11.3. The summed E-state index contributed by atoms with van der Waals surface area (Å²) in [5.41, 5.74) is 6.01. The first-order valence-electron chi connectivity index (χ1n) is 5.01. The summed E-state index contributed by atoms with van der Waals surface area (Å²) < 4.78 is 0. The largest absolute Gasteiger partial charge is 0.321 e. The van der Waals surface area contributed by atoms with Gasteiger partial charge in [-0.1, -0.05) is 12.1 Å². The lowest BCUT2D eigenvalue weighted by Gasteiger charge is -2.01. The highest BCUT2D eigenvalue weighted by atomic mass is 32.1. The fraction of sp³-hybridized carbons (Fsp3) is 0.250. The van der Waals surface area contributed by atoms with Crippen molar-refractivity contribution in [1.82, 2.24) is 0 Å². The smallest absolute Gasteiger partial charge is 0.110 e. The molecule has 0 bridgehead atoms. The second kappa shape index (κ2) is 4.79. The molecule has 0 radical (unpaired) electrons. The number of hydrogen-bond donors (Lipinski definition) is 1. The van der Waals surface area contributed by atoms with E-state index in [1.807, 2.05) is 17.5 Å². The van der Waals surface area contributed by atoms with Gasteiger partial charge in [-0.25, -0.2) is 0 Å². The van der Waals surface area contributed by atoms with Gasteiger partial charge < -0.3 is 5.73 Å². The van der Waals surface area contributed by atoms with Crippen molar-refractivity contribution in [1.29, 1.82) is 5.26 Å². The molecule has 0 atom stereocenters. The molecule has 0 unspecified atom stereocenters. The van der Waals surface area contributed by atoms with E-state index >= 15 is 0 Å². The molecule has 0 saturated heterocycles. The number of thiophene rings is 2. The number of hydrogen-bond acceptors (Lipinski definition) is 4. The molecule has 3 rings (SSSR count). The van der Waals surface area contributed by atoms with E-state index in [0.717, 1.165) is 4.88 Å². The summed E-state index contributed by atoms with van der Waals surface area (Å²) in [6.45, 7) is 0. The standard InChI is InChI=1S/C7H9NS.C5H3NS/c8-7(3-4-7)6-2-1-5-9-6;6-4-5-2-1-3-7-5/h1-2,5H,3-4,8H2;1-3H. The molecule has 1 aliphatic carbocycles. The normalized spacial score (nSPS) is 15.8. The highest BCUT2D eigenvalue weighted by Gasteiger charge is 2.40. The molecule has 0 aromatic carbocycles. The van der Waals surface area contributed by atoms with Gasteiger partial charge in [-0.3, -0.25) is 0 Å². The van der Waals surface area contributed by atoms with Crippen LogP contribution in [-0.2, 0) is 5.54 Å². The zero-order valence-electron chi connectivity index (χ0n) is 8.72. The fourth-order valence-electron chi connectivity index (χ4n) is 1.29. The molecule has 4 heteroatoms. The zero-order chi connectivity index (χ0) is 11.4. The number of nitrogens with two attached hydrogens (primary N) is 1. The van der Waals surface area contributed by atoms with Gasteiger partial charge in [-0.2, -0.15) is 5.26 Å². The van der Waals surface area contributed by atoms with Crippen LogP contribution < -0.4 is 5.73 Å². The Bertz CT molecular complexity index is 462. The maximum Gasteiger partial charge on any atom is 0.110 e. The predicted octanol–water partition coefficient (Wildman–Crippen LogP) is 3.32. The van der Waals surface area contributed by atoms with Crippen LogP contribution in [0, 0.1) is 11.3 Å². The van der Waals surface area contributed by atoms with Crippen LogP contribution in [0.4, 0.5) is 0 Å². The molecular formula is C12H12N2S2. The molecule has 2 N–H and O–H groups in total. The summed E-state index contributed by atoms with van der Waals surface area (Å²) in [4.78, 5) is 2.13. The maximum absolute atomic E-state index is 8.19. The van der Waals surface area contributed by atoms with E-state index in [2.05, 4.69) is 17.5 Å². The third-order valence-corrected chi connectivity index (χ3v) is 4.30. The molecule has 2 aromatic heterocycles. The van der Waals surface area contributed by atoms with Crippen LogP contribution in [0.25, 0.3) is 0 Å². The minimum absolute atomic E-state index is 0.0914. The average Bonchev–Trinajstić information content (AvgIpc) is 2.88. The van der Waals surface area contributed by atoms with Gasteiger partial charge in [0.05, 0.1) is 5.54 Å². The summed E-state index contributed by atoms with van der Waals surface area (Å²) in [5, 5.41) is 12.2. The lowest BCUT2D eigenvalue weighted by atomic mass is 10.2. The Balaban J connectivity index is 0.000000125. The van der Waals surface area contributed by atoms with Gasteiger partial charge in [0.25, 0.3) is 0 Å². The molecule has 1 saturated carbocycles. The van der Waals surface area contributed by atoms with Crippen molar-refractivity contribution in [2.24, 2.45) is 5.73 Å². The summed E-state index contributed by atoms with van der Waals surface area (Å²) in [6.07, 6.45) is 2.35. The third-order valence-electron chi connectivity index (χ3n) is 2.43. The predicted molar refractivity (Wildman–Crippen MR) is 68.5 cm³/mol. The Kier molecular flexibility index (Phi) is 3.39. The van der Waals surface area contributed by atoms with Crippen molar-refractivity contribution < 1.29 is 0 Å². The molecule has 2 aromatic rings. The van der Waals surface area contributed by atoms with Crippen LogP contribution in [0.1, 0.15) is 22.6 Å². The van der Waals surface area contributed by atoms with Crippen molar-refractivity contribution in [2.75, 3.05) is 0 Å². The monoisotopic (exact) mass is 248 g/mol. The molecule has 0 amide bonds. The number of nitriles is 1. The van der Waals surface area contributed by atoms with Gasteiger partial charge in [-0.05, 0) is 35.7 Å². The topological polar surface area (TPSA) is 49.8 Å². The molecule has 0 aliphatic heterocycles. The molecule has 2 nitrogen and oxygen atoms in total. The van der Waals surface area contributed by atoms with Crippen LogP contribution in [0.5, 0.6) is 0 Å². The summed E-state index contributed by atoms with van der Waals surface area (Å²) in [7, 11) is 0. The molecule has 16 heavy (non-hydrogen) atoms. The summed E-state index contributed by atoms with van der Waals surface area (Å²) in [5.74, 6) is 0. The van der Waals surface area contributed by atoms with Gasteiger partial charge in [0.2, 0.25) is 0 Å². The van der Waals surface area contributed by atoms with E-state index in [-0.39, 0.29) is 5.54 Å². The first-order valence-corrected chi connectivity index (χ1v) is 6.77. The van der Waals surface area contributed by atoms with Crippen molar-refractivity contribution in [3.8, 4) is 6.07 Å². The Morgan fingerprint density at radius 1 is 1.19 bits per heavy atom. The minimum atomic E-state index is 0.0914. The highest BCUT2D eigenvalue weighted by molar-refractivity contribution is 7.10. The zero-order valence-corrected chi connectivity index (χ0v) is 10.4. The third kappa shape index (κ3) is 2.70. The summed E-state index contributed by atoms with van der Waals surface area (Å²) >= 11 is 3.23. The molecule has 2 heterocycles. The van der Waals surface area contributed by atoms with Crippen molar-refractivity contribution >= 4 is 22.7 Å². The fourth-order valence-corrected chi connectivity index (χ4v) is 2.70. The highest BCUT2D eigenvalue weighted by Crippen LogP contribution is 2.44. The van der Waals surface area contributed by atoms with E-state index in [1.165, 1.54) is 29.1 Å². The van der Waals surface area contributed by atoms with Crippen molar-refractivity contribution in [3.05, 3.63) is 44.8 Å². The van der Waals surface area contributed by atoms with Gasteiger partial charge in [-0.15, -0.1) is 22.7 Å². The molecule has 1 fully saturated rings. The second-order valence-electron chi connectivity index (χ2n) is 3.72. The second-order valence-corrected chi connectivity index (χ2v) is 5.62. The van der Waals surface area contributed by atoms with Crippen LogP contribution in [0.2, 0.25) is 0 Å². The number of nitrogens with zero attached hydrogens (tertiary/aromatic N) is 1. The van der Waals surface area contributed by atoms with Crippen LogP contribution >= 0.6 is 22.7 Å². The molecule has 1 aliphatic rings. The number of rotatable bonds is 1. The van der Waals surface area contributed by atoms with Crippen molar-refractivity contribution in [3.63, 3.8) is 0 Å². The quantitative estimate of drug-likeness (QED) is 0.841. The van der Waals surface area contributed by atoms with Gasteiger partial charge in [0.15, 0.2) is 0 Å². The van der Waals surface area contributed by atoms with Gasteiger partial charge in [0.1, 0.15) is 10.9 Å².